The Labute approximate surface area is 102 Å². The van der Waals surface area contributed by atoms with Gasteiger partial charge in [-0.05, 0) is 31.9 Å². The number of hydrogen-bond donors (Lipinski definition) is 2. The molecule has 1 aromatic rings. The second-order valence-electron chi connectivity index (χ2n) is 4.46. The monoisotopic (exact) mass is 236 g/mol. The largest absolute Gasteiger partial charge is 0.409 e. The average Bonchev–Trinajstić information content (AvgIpc) is 2.27. The third kappa shape index (κ3) is 4.40. The van der Waals surface area contributed by atoms with Crippen LogP contribution in [0.15, 0.2) is 23.6 Å². The van der Waals surface area contributed by atoms with Crippen LogP contribution in [0.25, 0.3) is 0 Å². The second kappa shape index (κ2) is 6.20. The van der Waals surface area contributed by atoms with Crippen LogP contribution in [0, 0.1) is 6.92 Å². The summed E-state index contributed by atoms with van der Waals surface area (Å²) in [5, 5.41) is 11.6. The van der Waals surface area contributed by atoms with Gasteiger partial charge in [0, 0.05) is 25.0 Å². The highest BCUT2D eigenvalue weighted by Gasteiger charge is 2.12. The first kappa shape index (κ1) is 13.4. The van der Waals surface area contributed by atoms with Crippen molar-refractivity contribution in [3.8, 4) is 0 Å². The van der Waals surface area contributed by atoms with Crippen LogP contribution >= 0.6 is 0 Å². The van der Waals surface area contributed by atoms with Crippen molar-refractivity contribution in [3.63, 3.8) is 0 Å². The van der Waals surface area contributed by atoms with E-state index >= 15 is 0 Å². The molecule has 3 N–H and O–H groups in total. The molecule has 1 aromatic heterocycles. The Hall–Kier alpha value is -1.62. The van der Waals surface area contributed by atoms with E-state index in [1.165, 1.54) is 0 Å². The molecular weight excluding hydrogens is 216 g/mol. The van der Waals surface area contributed by atoms with Crippen molar-refractivity contribution in [2.45, 2.75) is 33.4 Å². The summed E-state index contributed by atoms with van der Waals surface area (Å²) in [5.74, 6) is 0.222. The zero-order valence-corrected chi connectivity index (χ0v) is 10.6. The lowest BCUT2D eigenvalue weighted by molar-refractivity contribution is 0.238. The molecule has 0 atom stereocenters. The van der Waals surface area contributed by atoms with Crippen LogP contribution in [0.3, 0.4) is 0 Å². The first-order valence-electron chi connectivity index (χ1n) is 5.64. The molecule has 0 bridgehead atoms. The number of rotatable bonds is 5. The van der Waals surface area contributed by atoms with Gasteiger partial charge in [-0.15, -0.1) is 0 Å². The van der Waals surface area contributed by atoms with E-state index in [4.69, 9.17) is 10.9 Å². The van der Waals surface area contributed by atoms with Gasteiger partial charge in [0.2, 0.25) is 0 Å². The maximum atomic E-state index is 8.60. The third-order valence-corrected chi connectivity index (χ3v) is 2.54. The standard InChI is InChI=1S/C12H20N4O/c1-9(2)16(8-12(13)15-17)7-11-4-10(3)5-14-6-11/h4-6,9,17H,7-8H2,1-3H3,(H2,13,15). The highest BCUT2D eigenvalue weighted by Crippen LogP contribution is 2.08. The van der Waals surface area contributed by atoms with Crippen molar-refractivity contribution in [2.24, 2.45) is 10.9 Å². The molecule has 0 fully saturated rings. The second-order valence-corrected chi connectivity index (χ2v) is 4.46. The number of aromatic nitrogens is 1. The zero-order valence-electron chi connectivity index (χ0n) is 10.6. The van der Waals surface area contributed by atoms with E-state index in [0.717, 1.165) is 17.7 Å². The molecule has 0 saturated heterocycles. The normalized spacial score (nSPS) is 12.4. The van der Waals surface area contributed by atoms with E-state index in [-0.39, 0.29) is 5.84 Å². The molecule has 0 aliphatic heterocycles. The van der Waals surface area contributed by atoms with Gasteiger partial charge in [-0.25, -0.2) is 0 Å². The van der Waals surface area contributed by atoms with Gasteiger partial charge in [0.15, 0.2) is 5.84 Å². The lowest BCUT2D eigenvalue weighted by Crippen LogP contribution is -2.38. The molecule has 5 nitrogen and oxygen atoms in total. The van der Waals surface area contributed by atoms with Gasteiger partial charge in [-0.3, -0.25) is 9.88 Å². The quantitative estimate of drug-likeness (QED) is 0.350. The van der Waals surface area contributed by atoms with Gasteiger partial charge in [0.25, 0.3) is 0 Å². The minimum absolute atomic E-state index is 0.222. The fourth-order valence-corrected chi connectivity index (χ4v) is 1.60. The molecular formula is C12H20N4O. The smallest absolute Gasteiger partial charge is 0.153 e. The summed E-state index contributed by atoms with van der Waals surface area (Å²) in [4.78, 5) is 6.27. The van der Waals surface area contributed by atoms with Gasteiger partial charge in [-0.2, -0.15) is 0 Å². The predicted molar refractivity (Wildman–Crippen MR) is 67.9 cm³/mol. The van der Waals surface area contributed by atoms with Gasteiger partial charge >= 0.3 is 0 Å². The van der Waals surface area contributed by atoms with E-state index in [2.05, 4.69) is 35.0 Å². The number of oxime groups is 1. The molecule has 94 valence electrons. The van der Waals surface area contributed by atoms with Crippen molar-refractivity contribution >= 4 is 5.84 Å². The number of hydrogen-bond acceptors (Lipinski definition) is 4. The molecule has 0 saturated carbocycles. The summed E-state index contributed by atoms with van der Waals surface area (Å²) >= 11 is 0. The van der Waals surface area contributed by atoms with E-state index < -0.39 is 0 Å². The molecule has 0 aliphatic rings. The number of aryl methyl sites for hydroxylation is 1. The lowest BCUT2D eigenvalue weighted by atomic mass is 10.2. The number of amidine groups is 1. The van der Waals surface area contributed by atoms with Crippen LogP contribution in [-0.2, 0) is 6.54 Å². The first-order chi connectivity index (χ1) is 8.02. The fraction of sp³-hybridized carbons (Fsp3) is 0.500. The Kier molecular flexibility index (Phi) is 4.90. The molecule has 0 spiro atoms. The van der Waals surface area contributed by atoms with E-state index in [9.17, 15) is 0 Å². The predicted octanol–water partition coefficient (Wildman–Crippen LogP) is 1.35. The van der Waals surface area contributed by atoms with Crippen LogP contribution in [-0.4, -0.2) is 33.5 Å². The van der Waals surface area contributed by atoms with E-state index in [0.29, 0.717) is 12.6 Å². The van der Waals surface area contributed by atoms with Crippen molar-refractivity contribution < 1.29 is 5.21 Å². The van der Waals surface area contributed by atoms with Crippen LogP contribution in [0.5, 0.6) is 0 Å². The van der Waals surface area contributed by atoms with Gasteiger partial charge in [0.1, 0.15) is 0 Å². The summed E-state index contributed by atoms with van der Waals surface area (Å²) in [6.45, 7) is 7.35. The topological polar surface area (TPSA) is 74.7 Å². The highest BCUT2D eigenvalue weighted by molar-refractivity contribution is 5.81. The van der Waals surface area contributed by atoms with Crippen LogP contribution < -0.4 is 5.73 Å². The maximum absolute atomic E-state index is 8.60. The first-order valence-corrected chi connectivity index (χ1v) is 5.64. The van der Waals surface area contributed by atoms with Gasteiger partial charge in [0.05, 0.1) is 6.54 Å². The lowest BCUT2D eigenvalue weighted by Gasteiger charge is -2.25. The molecule has 0 unspecified atom stereocenters. The number of nitrogens with two attached hydrogens (primary N) is 1. The summed E-state index contributed by atoms with van der Waals surface area (Å²) in [6, 6.07) is 2.41. The Morgan fingerprint density at radius 2 is 2.24 bits per heavy atom. The maximum Gasteiger partial charge on any atom is 0.153 e. The molecule has 1 rings (SSSR count). The highest BCUT2D eigenvalue weighted by atomic mass is 16.4. The Morgan fingerprint density at radius 1 is 1.53 bits per heavy atom. The van der Waals surface area contributed by atoms with Crippen molar-refractivity contribution in [3.05, 3.63) is 29.6 Å². The molecule has 0 amide bonds. The molecule has 17 heavy (non-hydrogen) atoms. The minimum Gasteiger partial charge on any atom is -0.409 e. The van der Waals surface area contributed by atoms with Crippen molar-refractivity contribution in [1.29, 1.82) is 0 Å². The molecule has 1 heterocycles. The summed E-state index contributed by atoms with van der Waals surface area (Å²) in [7, 11) is 0. The van der Waals surface area contributed by atoms with E-state index in [1.54, 1.807) is 0 Å². The number of pyridine rings is 1. The van der Waals surface area contributed by atoms with Crippen LogP contribution in [0.4, 0.5) is 0 Å². The average molecular weight is 236 g/mol. The fourth-order valence-electron chi connectivity index (χ4n) is 1.60. The zero-order chi connectivity index (χ0) is 12.8. The van der Waals surface area contributed by atoms with Gasteiger partial charge in [-0.1, -0.05) is 11.2 Å². The molecule has 0 aliphatic carbocycles. The summed E-state index contributed by atoms with van der Waals surface area (Å²) in [6.07, 6.45) is 3.67. The minimum atomic E-state index is 0.222. The Bertz CT molecular complexity index is 390. The van der Waals surface area contributed by atoms with Crippen molar-refractivity contribution in [1.82, 2.24) is 9.88 Å². The van der Waals surface area contributed by atoms with Crippen LogP contribution in [0.2, 0.25) is 0 Å². The molecule has 0 radical (unpaired) electrons. The Balaban J connectivity index is 2.73. The Morgan fingerprint density at radius 3 is 2.76 bits per heavy atom. The third-order valence-electron chi connectivity index (χ3n) is 2.54. The van der Waals surface area contributed by atoms with Crippen molar-refractivity contribution in [2.75, 3.05) is 6.54 Å². The molecule has 0 aromatic carbocycles. The summed E-state index contributed by atoms with van der Waals surface area (Å²) in [5.41, 5.74) is 7.80. The number of nitrogens with zero attached hydrogens (tertiary/aromatic N) is 3. The van der Waals surface area contributed by atoms with Gasteiger partial charge < -0.3 is 10.9 Å². The summed E-state index contributed by atoms with van der Waals surface area (Å²) < 4.78 is 0. The SMILES string of the molecule is Cc1cncc(CN(C/C(N)=N/O)C(C)C)c1. The van der Waals surface area contributed by atoms with E-state index in [1.807, 2.05) is 19.3 Å². The van der Waals surface area contributed by atoms with Crippen LogP contribution in [0.1, 0.15) is 25.0 Å². The molecule has 5 heteroatoms.